The highest BCUT2D eigenvalue weighted by Crippen LogP contribution is 2.52. The van der Waals surface area contributed by atoms with Crippen LogP contribution >= 0.6 is 23.2 Å². The van der Waals surface area contributed by atoms with Gasteiger partial charge in [0.25, 0.3) is 0 Å². The molecule has 3 unspecified atom stereocenters. The summed E-state index contributed by atoms with van der Waals surface area (Å²) in [7, 11) is 0. The van der Waals surface area contributed by atoms with E-state index in [9.17, 15) is 9.59 Å². The topological polar surface area (TPSA) is 65.0 Å². The van der Waals surface area contributed by atoms with Gasteiger partial charge in [-0.3, -0.25) is 10.5 Å². The molecule has 2 aromatic carbocycles. The van der Waals surface area contributed by atoms with Gasteiger partial charge < -0.3 is 4.90 Å². The lowest BCUT2D eigenvalue weighted by Gasteiger charge is -2.51. The van der Waals surface area contributed by atoms with E-state index >= 15 is 0 Å². The maximum atomic E-state index is 13.9. The summed E-state index contributed by atoms with van der Waals surface area (Å²) in [5, 5.41) is 1.32. The minimum atomic E-state index is -0.808. The third-order valence-electron chi connectivity index (χ3n) is 6.51. The Bertz CT molecular complexity index is 943. The van der Waals surface area contributed by atoms with Crippen LogP contribution in [-0.2, 0) is 9.59 Å². The Hall–Kier alpha value is -1.88. The second-order valence-corrected chi connectivity index (χ2v) is 9.69. The average molecular weight is 462 g/mol. The van der Waals surface area contributed by atoms with Crippen LogP contribution in [0.4, 0.5) is 0 Å². The molecule has 4 nitrogen and oxygen atoms in total. The molecule has 0 spiro atoms. The first kappa shape index (κ1) is 23.8. The van der Waals surface area contributed by atoms with Crippen molar-refractivity contribution in [1.82, 2.24) is 4.90 Å². The molecular weight excluding hydrogens is 431 g/mol. The highest BCUT2D eigenvalue weighted by Gasteiger charge is 2.52. The zero-order valence-corrected chi connectivity index (χ0v) is 19.9. The summed E-state index contributed by atoms with van der Waals surface area (Å²) < 4.78 is 0. The van der Waals surface area contributed by atoms with Gasteiger partial charge in [-0.25, -0.2) is 4.79 Å². The number of hydrogen-bond acceptors (Lipinski definition) is 2. The van der Waals surface area contributed by atoms with Crippen LogP contribution in [0.15, 0.2) is 48.5 Å². The van der Waals surface area contributed by atoms with Crippen molar-refractivity contribution in [2.24, 2.45) is 5.41 Å². The van der Waals surface area contributed by atoms with Gasteiger partial charge in [0, 0.05) is 22.0 Å². The first-order valence-corrected chi connectivity index (χ1v) is 11.6. The number of likely N-dealkylation sites (tertiary alicyclic amines) is 1. The Morgan fingerprint density at radius 2 is 1.74 bits per heavy atom. The van der Waals surface area contributed by atoms with Crippen LogP contribution in [0.1, 0.15) is 69.5 Å². The van der Waals surface area contributed by atoms with Crippen LogP contribution in [0.2, 0.25) is 10.0 Å². The van der Waals surface area contributed by atoms with E-state index in [4.69, 9.17) is 23.2 Å². The van der Waals surface area contributed by atoms with Crippen molar-refractivity contribution >= 4 is 35.0 Å². The van der Waals surface area contributed by atoms with Gasteiger partial charge in [0.05, 0.1) is 17.9 Å². The number of benzene rings is 2. The molecule has 0 aromatic heterocycles. The summed E-state index contributed by atoms with van der Waals surface area (Å²) in [6.07, 6.45) is 2.36. The Balaban J connectivity index is 2.22. The van der Waals surface area contributed by atoms with Crippen LogP contribution in [0.25, 0.3) is 0 Å². The Morgan fingerprint density at radius 1 is 1.10 bits per heavy atom. The molecule has 0 aliphatic carbocycles. The quantitative estimate of drug-likeness (QED) is 0.599. The molecule has 31 heavy (non-hydrogen) atoms. The van der Waals surface area contributed by atoms with Gasteiger partial charge in [-0.2, -0.15) is 0 Å². The van der Waals surface area contributed by atoms with Crippen LogP contribution in [0.5, 0.6) is 0 Å². The number of amides is 2. The van der Waals surface area contributed by atoms with E-state index in [1.54, 1.807) is 0 Å². The molecule has 0 saturated carbocycles. The van der Waals surface area contributed by atoms with E-state index in [0.717, 1.165) is 24.0 Å². The third kappa shape index (κ3) is 4.97. The minimum absolute atomic E-state index is 0.0116. The summed E-state index contributed by atoms with van der Waals surface area (Å²) in [4.78, 5) is 28.0. The molecule has 3 rings (SSSR count). The molecule has 0 bridgehead atoms. The number of carbonyl (C=O) groups is 2. The number of piperidine rings is 1. The van der Waals surface area contributed by atoms with Gasteiger partial charge in [0.1, 0.15) is 0 Å². The molecule has 1 heterocycles. The normalized spacial score (nSPS) is 24.0. The van der Waals surface area contributed by atoms with Crippen molar-refractivity contribution in [2.75, 3.05) is 0 Å². The van der Waals surface area contributed by atoms with Gasteiger partial charge in [-0.05, 0) is 54.7 Å². The summed E-state index contributed by atoms with van der Waals surface area (Å²) >= 11 is 12.5. The van der Waals surface area contributed by atoms with Crippen LogP contribution in [-0.4, -0.2) is 22.8 Å². The summed E-state index contributed by atoms with van der Waals surface area (Å²) in [5.74, 6) is -0.200. The first-order valence-electron chi connectivity index (χ1n) is 10.9. The highest BCUT2D eigenvalue weighted by molar-refractivity contribution is 6.30. The SMILES string of the molecule is CCC(CC)N1C(=O)C(C)(CC([NH3+])=O)CC(c2cccc(Cl)c2)C1c1ccc(Cl)cc1. The van der Waals surface area contributed by atoms with E-state index in [-0.39, 0.29) is 36.2 Å². The molecule has 1 aliphatic rings. The molecular formula is C25H31Cl2N2O2+. The van der Waals surface area contributed by atoms with Crippen molar-refractivity contribution in [3.8, 4) is 0 Å². The van der Waals surface area contributed by atoms with Crippen molar-refractivity contribution in [3.05, 3.63) is 69.7 Å². The molecule has 0 radical (unpaired) electrons. The number of rotatable bonds is 7. The number of nitrogens with zero attached hydrogens (tertiary/aromatic N) is 1. The number of halogens is 2. The Morgan fingerprint density at radius 3 is 2.29 bits per heavy atom. The molecule has 1 saturated heterocycles. The summed E-state index contributed by atoms with van der Waals surface area (Å²) in [6, 6.07) is 15.5. The molecule has 3 atom stereocenters. The summed E-state index contributed by atoms with van der Waals surface area (Å²) in [6.45, 7) is 6.11. The lowest BCUT2D eigenvalue weighted by atomic mass is 9.67. The minimum Gasteiger partial charge on any atom is -0.332 e. The zero-order chi connectivity index (χ0) is 22.8. The van der Waals surface area contributed by atoms with Crippen LogP contribution in [0, 0.1) is 5.41 Å². The maximum absolute atomic E-state index is 13.9. The van der Waals surface area contributed by atoms with E-state index in [1.165, 1.54) is 0 Å². The molecule has 166 valence electrons. The average Bonchev–Trinajstić information content (AvgIpc) is 2.72. The van der Waals surface area contributed by atoms with E-state index < -0.39 is 5.41 Å². The lowest BCUT2D eigenvalue weighted by molar-refractivity contribution is -0.308. The van der Waals surface area contributed by atoms with E-state index in [0.29, 0.717) is 16.5 Å². The zero-order valence-electron chi connectivity index (χ0n) is 18.4. The predicted octanol–water partition coefficient (Wildman–Crippen LogP) is 5.40. The fourth-order valence-corrected chi connectivity index (χ4v) is 5.39. The third-order valence-corrected chi connectivity index (χ3v) is 7.00. The van der Waals surface area contributed by atoms with Gasteiger partial charge in [0.2, 0.25) is 5.91 Å². The maximum Gasteiger partial charge on any atom is 0.309 e. The van der Waals surface area contributed by atoms with E-state index in [2.05, 4.69) is 25.6 Å². The fourth-order valence-electron chi connectivity index (χ4n) is 5.06. The van der Waals surface area contributed by atoms with Gasteiger partial charge in [-0.1, -0.05) is 68.2 Å². The highest BCUT2D eigenvalue weighted by atomic mass is 35.5. The first-order chi connectivity index (χ1) is 14.7. The standard InChI is InChI=1S/C25H30Cl2N2O2/c1-4-20(5-2)29-23(16-9-11-18(26)12-10-16)21(17-7-6-8-19(27)13-17)14-25(3,24(29)31)15-22(28)30/h6-13,20-21,23H,4-5,14-15H2,1-3H3,(H2,28,30)/p+1. The molecule has 6 heteroatoms. The second-order valence-electron chi connectivity index (χ2n) is 8.82. The molecule has 1 fully saturated rings. The van der Waals surface area contributed by atoms with Crippen molar-refractivity contribution in [3.63, 3.8) is 0 Å². The van der Waals surface area contributed by atoms with Crippen molar-refractivity contribution in [1.29, 1.82) is 0 Å². The smallest absolute Gasteiger partial charge is 0.309 e. The summed E-state index contributed by atoms with van der Waals surface area (Å²) in [5.41, 5.74) is 4.88. The number of quaternary nitrogens is 1. The van der Waals surface area contributed by atoms with Gasteiger partial charge in [0.15, 0.2) is 0 Å². The molecule has 2 aromatic rings. The Labute approximate surface area is 194 Å². The predicted molar refractivity (Wildman–Crippen MR) is 125 cm³/mol. The van der Waals surface area contributed by atoms with Gasteiger partial charge in [-0.15, -0.1) is 0 Å². The number of carbonyl (C=O) groups excluding carboxylic acids is 2. The largest absolute Gasteiger partial charge is 0.332 e. The van der Waals surface area contributed by atoms with E-state index in [1.807, 2.05) is 54.3 Å². The van der Waals surface area contributed by atoms with Gasteiger partial charge >= 0.3 is 5.91 Å². The lowest BCUT2D eigenvalue weighted by Crippen LogP contribution is -2.62. The molecule has 1 aliphatic heterocycles. The van der Waals surface area contributed by atoms with Crippen molar-refractivity contribution in [2.45, 2.75) is 64.5 Å². The second kappa shape index (κ2) is 9.72. The van der Waals surface area contributed by atoms with Crippen molar-refractivity contribution < 1.29 is 15.3 Å². The monoisotopic (exact) mass is 461 g/mol. The fraction of sp³-hybridized carbons (Fsp3) is 0.440. The number of hydrogen-bond donors (Lipinski definition) is 1. The Kier molecular flexibility index (Phi) is 7.46. The van der Waals surface area contributed by atoms with Crippen LogP contribution in [0.3, 0.4) is 0 Å². The molecule has 2 amide bonds. The molecule has 3 N–H and O–H groups in total. The van der Waals surface area contributed by atoms with Crippen LogP contribution < -0.4 is 5.73 Å².